The lowest BCUT2D eigenvalue weighted by atomic mass is 9.93. The molecule has 0 aromatic heterocycles. The second-order valence-electron chi connectivity index (χ2n) is 5.62. The standard InChI is InChI=1S/C20H10Cl2O2/c21-19(23)15-8-7-11-5-6-14-9-12-3-1-2-4-13(12)10-16(14)17(11)18(15)20(22)24/h1-10H. The monoisotopic (exact) mass is 352 g/mol. The lowest BCUT2D eigenvalue weighted by Gasteiger charge is -2.11. The molecule has 0 aliphatic carbocycles. The van der Waals surface area contributed by atoms with E-state index in [1.165, 1.54) is 0 Å². The van der Waals surface area contributed by atoms with Gasteiger partial charge >= 0.3 is 0 Å². The molecule has 0 aliphatic heterocycles. The SMILES string of the molecule is O=C(Cl)c1ccc2ccc3cc4ccccc4cc3c2c1C(=O)Cl. The fraction of sp³-hybridized carbons (Fsp3) is 0. The van der Waals surface area contributed by atoms with Gasteiger partial charge < -0.3 is 0 Å². The average molecular weight is 353 g/mol. The predicted molar refractivity (Wildman–Crippen MR) is 99.3 cm³/mol. The third-order valence-corrected chi connectivity index (χ3v) is 4.67. The van der Waals surface area contributed by atoms with Crippen molar-refractivity contribution in [2.24, 2.45) is 0 Å². The Morgan fingerprint density at radius 1 is 0.667 bits per heavy atom. The first kappa shape index (κ1) is 15.1. The predicted octanol–water partition coefficient (Wildman–Crippen LogP) is 5.90. The van der Waals surface area contributed by atoms with Crippen molar-refractivity contribution >= 4 is 66.0 Å². The largest absolute Gasteiger partial charge is 0.276 e. The number of rotatable bonds is 2. The van der Waals surface area contributed by atoms with Crippen LogP contribution >= 0.6 is 23.2 Å². The molecular formula is C20H10Cl2O2. The maximum atomic E-state index is 12.0. The highest BCUT2D eigenvalue weighted by Gasteiger charge is 2.19. The second kappa shape index (κ2) is 5.59. The van der Waals surface area contributed by atoms with Crippen LogP contribution in [0.15, 0.2) is 60.7 Å². The molecule has 0 saturated carbocycles. The number of carbonyl (C=O) groups is 2. The summed E-state index contributed by atoms with van der Waals surface area (Å²) in [5.41, 5.74) is 0.292. The minimum Gasteiger partial charge on any atom is -0.276 e. The molecular weight excluding hydrogens is 343 g/mol. The van der Waals surface area contributed by atoms with Gasteiger partial charge in [-0.25, -0.2) is 0 Å². The van der Waals surface area contributed by atoms with Gasteiger partial charge in [0.25, 0.3) is 10.5 Å². The van der Waals surface area contributed by atoms with E-state index in [-0.39, 0.29) is 11.1 Å². The Morgan fingerprint density at radius 2 is 1.29 bits per heavy atom. The van der Waals surface area contributed by atoms with Crippen LogP contribution in [0, 0.1) is 0 Å². The number of fused-ring (bicyclic) bond motifs is 4. The highest BCUT2D eigenvalue weighted by atomic mass is 35.5. The normalized spacial score (nSPS) is 11.2. The van der Waals surface area contributed by atoms with Crippen molar-refractivity contribution in [2.75, 3.05) is 0 Å². The van der Waals surface area contributed by atoms with E-state index in [1.807, 2.05) is 42.5 Å². The molecule has 0 unspecified atom stereocenters. The van der Waals surface area contributed by atoms with Gasteiger partial charge in [0, 0.05) is 10.9 Å². The van der Waals surface area contributed by atoms with E-state index in [1.54, 1.807) is 12.1 Å². The summed E-state index contributed by atoms with van der Waals surface area (Å²) < 4.78 is 0. The van der Waals surface area contributed by atoms with Gasteiger partial charge in [-0.3, -0.25) is 9.59 Å². The van der Waals surface area contributed by atoms with Crippen LogP contribution in [0.5, 0.6) is 0 Å². The Kier molecular flexibility index (Phi) is 3.52. The summed E-state index contributed by atoms with van der Waals surface area (Å²) in [4.78, 5) is 23.8. The lowest BCUT2D eigenvalue weighted by Crippen LogP contribution is -2.02. The van der Waals surface area contributed by atoms with Gasteiger partial charge in [0.05, 0.1) is 5.56 Å². The molecule has 4 rings (SSSR count). The van der Waals surface area contributed by atoms with Gasteiger partial charge in [0.2, 0.25) is 0 Å². The van der Waals surface area contributed by atoms with E-state index in [9.17, 15) is 9.59 Å². The Bertz CT molecular complexity index is 1160. The molecule has 2 nitrogen and oxygen atoms in total. The summed E-state index contributed by atoms with van der Waals surface area (Å²) in [5.74, 6) is 0. The summed E-state index contributed by atoms with van der Waals surface area (Å²) >= 11 is 11.4. The number of hydrogen-bond donors (Lipinski definition) is 0. The average Bonchev–Trinajstić information content (AvgIpc) is 2.58. The highest BCUT2D eigenvalue weighted by Crippen LogP contribution is 2.34. The minimum absolute atomic E-state index is 0.129. The zero-order chi connectivity index (χ0) is 16.8. The number of benzene rings is 4. The molecule has 116 valence electrons. The lowest BCUT2D eigenvalue weighted by molar-refractivity contribution is 0.105. The third kappa shape index (κ3) is 2.27. The van der Waals surface area contributed by atoms with Crippen LogP contribution in [0.25, 0.3) is 32.3 Å². The molecule has 0 radical (unpaired) electrons. The first-order chi connectivity index (χ1) is 11.6. The molecule has 0 spiro atoms. The van der Waals surface area contributed by atoms with Crippen molar-refractivity contribution in [1.29, 1.82) is 0 Å². The number of hydrogen-bond acceptors (Lipinski definition) is 2. The first-order valence-corrected chi connectivity index (χ1v) is 8.10. The van der Waals surface area contributed by atoms with Crippen molar-refractivity contribution in [3.8, 4) is 0 Å². The maximum Gasteiger partial charge on any atom is 0.253 e. The number of carbonyl (C=O) groups excluding carboxylic acids is 2. The topological polar surface area (TPSA) is 34.1 Å². The minimum atomic E-state index is -0.696. The van der Waals surface area contributed by atoms with Crippen LogP contribution in [0.2, 0.25) is 0 Å². The van der Waals surface area contributed by atoms with Crippen LogP contribution in [-0.2, 0) is 0 Å². The molecule has 0 saturated heterocycles. The van der Waals surface area contributed by atoms with Crippen molar-refractivity contribution < 1.29 is 9.59 Å². The third-order valence-electron chi connectivity index (χ3n) is 4.28. The maximum absolute atomic E-state index is 12.0. The Labute approximate surface area is 147 Å². The Morgan fingerprint density at radius 3 is 1.96 bits per heavy atom. The van der Waals surface area contributed by atoms with Crippen LogP contribution in [0.4, 0.5) is 0 Å². The van der Waals surface area contributed by atoms with E-state index in [4.69, 9.17) is 23.2 Å². The quantitative estimate of drug-likeness (QED) is 0.255. The van der Waals surface area contributed by atoms with Crippen LogP contribution < -0.4 is 0 Å². The van der Waals surface area contributed by atoms with Gasteiger partial charge in [-0.15, -0.1) is 0 Å². The van der Waals surface area contributed by atoms with Crippen molar-refractivity contribution in [3.63, 3.8) is 0 Å². The van der Waals surface area contributed by atoms with E-state index in [0.717, 1.165) is 26.9 Å². The van der Waals surface area contributed by atoms with Crippen molar-refractivity contribution in [2.45, 2.75) is 0 Å². The van der Waals surface area contributed by atoms with E-state index < -0.39 is 10.5 Å². The molecule has 4 aromatic carbocycles. The highest BCUT2D eigenvalue weighted by molar-refractivity contribution is 6.73. The van der Waals surface area contributed by atoms with E-state index in [2.05, 4.69) is 6.07 Å². The second-order valence-corrected chi connectivity index (χ2v) is 6.31. The fourth-order valence-corrected chi connectivity index (χ4v) is 3.56. The van der Waals surface area contributed by atoms with Gasteiger partial charge in [0.1, 0.15) is 0 Å². The van der Waals surface area contributed by atoms with Crippen LogP contribution in [0.1, 0.15) is 20.7 Å². The Hall–Kier alpha value is -2.42. The Balaban J connectivity index is 2.27. The molecule has 24 heavy (non-hydrogen) atoms. The summed E-state index contributed by atoms with van der Waals surface area (Å²) in [6.45, 7) is 0. The molecule has 0 fully saturated rings. The first-order valence-electron chi connectivity index (χ1n) is 7.34. The zero-order valence-electron chi connectivity index (χ0n) is 12.3. The van der Waals surface area contributed by atoms with E-state index >= 15 is 0 Å². The van der Waals surface area contributed by atoms with Crippen LogP contribution in [-0.4, -0.2) is 10.5 Å². The van der Waals surface area contributed by atoms with Crippen molar-refractivity contribution in [1.82, 2.24) is 0 Å². The van der Waals surface area contributed by atoms with Gasteiger partial charge in [-0.05, 0) is 68.3 Å². The van der Waals surface area contributed by atoms with Gasteiger partial charge in [0.15, 0.2) is 0 Å². The smallest absolute Gasteiger partial charge is 0.253 e. The van der Waals surface area contributed by atoms with E-state index in [0.29, 0.717) is 5.39 Å². The summed E-state index contributed by atoms with van der Waals surface area (Å²) in [6, 6.07) is 19.3. The summed E-state index contributed by atoms with van der Waals surface area (Å²) in [5, 5.41) is 4.10. The molecule has 0 N–H and O–H groups in total. The van der Waals surface area contributed by atoms with Crippen LogP contribution in [0.3, 0.4) is 0 Å². The van der Waals surface area contributed by atoms with Crippen molar-refractivity contribution in [3.05, 3.63) is 71.8 Å². The number of halogens is 2. The summed E-state index contributed by atoms with van der Waals surface area (Å²) in [7, 11) is 0. The molecule has 0 heterocycles. The summed E-state index contributed by atoms with van der Waals surface area (Å²) in [6.07, 6.45) is 0. The van der Waals surface area contributed by atoms with Gasteiger partial charge in [-0.2, -0.15) is 0 Å². The molecule has 4 aromatic rings. The molecule has 0 amide bonds. The molecule has 0 bridgehead atoms. The van der Waals surface area contributed by atoms with Gasteiger partial charge in [-0.1, -0.05) is 42.5 Å². The fourth-order valence-electron chi connectivity index (χ4n) is 3.21. The zero-order valence-corrected chi connectivity index (χ0v) is 13.9. The molecule has 0 atom stereocenters. The molecule has 0 aliphatic rings. The molecule has 4 heteroatoms.